The summed E-state index contributed by atoms with van der Waals surface area (Å²) in [6.45, 7) is 28.8. The van der Waals surface area contributed by atoms with E-state index in [0.29, 0.717) is 5.69 Å². The number of hydrogen-bond acceptors (Lipinski definition) is 9. The van der Waals surface area contributed by atoms with Crippen molar-refractivity contribution in [3.8, 4) is 0 Å². The van der Waals surface area contributed by atoms with E-state index in [2.05, 4.69) is 90.1 Å². The van der Waals surface area contributed by atoms with Crippen LogP contribution in [0.2, 0.25) is 0 Å². The zero-order valence-electron chi connectivity index (χ0n) is 45.9. The Morgan fingerprint density at radius 1 is 0.577 bits per heavy atom. The summed E-state index contributed by atoms with van der Waals surface area (Å²) in [6, 6.07) is 31.2. The molecule has 0 radical (unpaired) electrons. The molecule has 4 aliphatic heterocycles. The number of benzene rings is 4. The fourth-order valence-corrected chi connectivity index (χ4v) is 9.52. The van der Waals surface area contributed by atoms with Crippen LogP contribution in [0.3, 0.4) is 0 Å². The number of carboxylic acid groups (broad SMARTS) is 2. The molecule has 3 unspecified atom stereocenters. The van der Waals surface area contributed by atoms with Crippen molar-refractivity contribution >= 4 is 43.5 Å². The van der Waals surface area contributed by atoms with Gasteiger partial charge in [0.15, 0.2) is 0 Å². The second-order valence-corrected chi connectivity index (χ2v) is 21.6. The molecule has 6 aliphatic rings. The number of nitrogens with zero attached hydrogens (tertiary/aromatic N) is 2. The van der Waals surface area contributed by atoms with Gasteiger partial charge in [0.25, 0.3) is 0 Å². The SMILES string of the molecule is CC(C)OB1OC(C)(C)C(C)(C)O1.CC1Cc2ccc[c-]c2N1C(=O)[O-].CC1Cc2cccc(B3OC(C)(C)C(C)(C)O3)c2C1.CC1Cc2ccccc2C1.CC1Cc2ccccc2N1C(=O)[O-].[Li+].[Li+].[Li+]. The van der Waals surface area contributed by atoms with Gasteiger partial charge in [0.05, 0.1) is 22.4 Å². The van der Waals surface area contributed by atoms with E-state index in [-0.39, 0.29) is 104 Å². The Labute approximate surface area is 462 Å². The van der Waals surface area contributed by atoms with Crippen LogP contribution in [0.1, 0.15) is 130 Å². The average Bonchev–Trinajstić information content (AvgIpc) is 4.05. The van der Waals surface area contributed by atoms with E-state index in [1.54, 1.807) is 17.2 Å². The predicted molar refractivity (Wildman–Crippen MR) is 268 cm³/mol. The van der Waals surface area contributed by atoms with E-state index in [0.717, 1.165) is 47.9 Å². The van der Waals surface area contributed by atoms with Crippen LogP contribution in [-0.4, -0.2) is 67.2 Å². The Kier molecular flexibility index (Phi) is 22.5. The first-order valence-corrected chi connectivity index (χ1v) is 24.4. The Morgan fingerprint density at radius 3 is 1.55 bits per heavy atom. The molecule has 2 saturated heterocycles. The smallest absolute Gasteiger partial charge is 0.530 e. The zero-order chi connectivity index (χ0) is 49.9. The fourth-order valence-electron chi connectivity index (χ4n) is 9.52. The molecular formula is C55H73B2Li3N2O9. The first-order chi connectivity index (χ1) is 31.8. The van der Waals surface area contributed by atoms with E-state index in [1.807, 2.05) is 91.8 Å². The van der Waals surface area contributed by atoms with Crippen LogP contribution < -0.4 is 82.1 Å². The first kappa shape index (κ1) is 62.4. The van der Waals surface area contributed by atoms with Gasteiger partial charge >= 0.3 is 71.0 Å². The Bertz CT molecular complexity index is 2280. The van der Waals surface area contributed by atoms with Crippen LogP contribution in [0, 0.1) is 17.9 Å². The number of carbonyl (C=O) groups excluding carboxylic acids is 2. The van der Waals surface area contributed by atoms with Gasteiger partial charge in [0.2, 0.25) is 0 Å². The molecule has 3 atom stereocenters. The zero-order valence-corrected chi connectivity index (χ0v) is 45.9. The van der Waals surface area contributed by atoms with Gasteiger partial charge in [-0.1, -0.05) is 86.6 Å². The van der Waals surface area contributed by atoms with Crippen molar-refractivity contribution in [2.45, 2.75) is 176 Å². The Hall–Kier alpha value is -2.86. The van der Waals surface area contributed by atoms with Gasteiger partial charge < -0.3 is 52.9 Å². The number of para-hydroxylation sites is 2. The molecule has 2 fully saturated rings. The third-order valence-corrected chi connectivity index (χ3v) is 14.5. The van der Waals surface area contributed by atoms with Crippen molar-refractivity contribution in [3.63, 3.8) is 0 Å². The molecule has 10 rings (SSSR count). The van der Waals surface area contributed by atoms with E-state index >= 15 is 0 Å². The molecule has 0 aromatic heterocycles. The van der Waals surface area contributed by atoms with Crippen LogP contribution in [0.5, 0.6) is 0 Å². The third-order valence-electron chi connectivity index (χ3n) is 14.5. The molecule has 366 valence electrons. The third kappa shape index (κ3) is 14.9. The van der Waals surface area contributed by atoms with Gasteiger partial charge in [-0.15, -0.1) is 5.56 Å². The van der Waals surface area contributed by atoms with Gasteiger partial charge in [-0.2, -0.15) is 24.3 Å². The number of hydrogen-bond donors (Lipinski definition) is 0. The minimum absolute atomic E-state index is 0. The monoisotopic (exact) mass is 949 g/mol. The van der Waals surface area contributed by atoms with Gasteiger partial charge in [0, 0.05) is 23.9 Å². The quantitative estimate of drug-likeness (QED) is 0.198. The molecule has 0 N–H and O–H groups in total. The van der Waals surface area contributed by atoms with Crippen molar-refractivity contribution in [2.24, 2.45) is 11.8 Å². The normalized spacial score (nSPS) is 21.9. The summed E-state index contributed by atoms with van der Waals surface area (Å²) in [6.07, 6.45) is 4.30. The topological polar surface area (TPSA) is 133 Å². The standard InChI is InChI=1S/C16H23BO2.C10H11NO2.C10H10NO2.C10H12.C9H19BO3.3Li/c1-11-9-12-7-6-8-14(13(12)10-11)17-18-15(2,3)16(4,5)19-17;2*1-7-6-8-4-2-3-5-9(8)11(7)10(12)13;1-8-6-9-4-2-3-5-10(9)7-8;1-7(2)11-10-12-8(3,4)9(5,6)13-10;;;/h6-8,11H,9-10H2,1-5H3;2-5,7H,6H2,1H3,(H,12,13);2-4,7H,6H2,1H3,(H,12,13);2-5,8H,6-7H2,1H3;7H,1-6H3;;;/q;;-1;;;3*+1/p-2. The van der Waals surface area contributed by atoms with Crippen LogP contribution in [-0.2, 0) is 61.8 Å². The van der Waals surface area contributed by atoms with Gasteiger partial charge in [-0.25, -0.2) is 0 Å². The molecule has 4 aromatic rings. The molecule has 4 heterocycles. The minimum Gasteiger partial charge on any atom is -0.530 e. The molecule has 0 bridgehead atoms. The number of rotatable bonds is 3. The van der Waals surface area contributed by atoms with Crippen LogP contribution in [0.25, 0.3) is 0 Å². The molecule has 4 aromatic carbocycles. The summed E-state index contributed by atoms with van der Waals surface area (Å²) in [4.78, 5) is 24.1. The van der Waals surface area contributed by atoms with Gasteiger partial charge in [-0.05, 0) is 166 Å². The molecule has 71 heavy (non-hydrogen) atoms. The van der Waals surface area contributed by atoms with E-state index < -0.39 is 19.5 Å². The summed E-state index contributed by atoms with van der Waals surface area (Å²) in [7, 11) is -0.741. The summed E-state index contributed by atoms with van der Waals surface area (Å²) >= 11 is 0. The largest absolute Gasteiger partial charge is 1.00 e. The van der Waals surface area contributed by atoms with Gasteiger partial charge in [0.1, 0.15) is 12.2 Å². The minimum atomic E-state index is -1.14. The molecule has 2 aliphatic carbocycles. The summed E-state index contributed by atoms with van der Waals surface area (Å²) in [5.41, 5.74) is 9.70. The number of carbonyl (C=O) groups is 2. The van der Waals surface area contributed by atoms with E-state index in [9.17, 15) is 19.8 Å². The number of amides is 2. The number of anilines is 2. The maximum absolute atomic E-state index is 10.8. The van der Waals surface area contributed by atoms with Gasteiger partial charge in [-0.3, -0.25) is 0 Å². The van der Waals surface area contributed by atoms with Crippen molar-refractivity contribution in [2.75, 3.05) is 9.80 Å². The maximum atomic E-state index is 10.8. The molecule has 16 heteroatoms. The molecule has 11 nitrogen and oxygen atoms in total. The first-order valence-electron chi connectivity index (χ1n) is 24.4. The van der Waals surface area contributed by atoms with Crippen LogP contribution in [0.4, 0.5) is 21.0 Å². The summed E-state index contributed by atoms with van der Waals surface area (Å²) < 4.78 is 29.1. The maximum Gasteiger partial charge on any atom is 1.00 e. The second-order valence-electron chi connectivity index (χ2n) is 21.6. The van der Waals surface area contributed by atoms with Crippen LogP contribution in [0.15, 0.2) is 84.9 Å². The average molecular weight is 949 g/mol. The molecule has 0 spiro atoms. The van der Waals surface area contributed by atoms with E-state index in [1.165, 1.54) is 45.7 Å². The molecular weight excluding hydrogens is 875 g/mol. The van der Waals surface area contributed by atoms with Crippen molar-refractivity contribution in [1.29, 1.82) is 0 Å². The Balaban J connectivity index is 0.000000236. The predicted octanol–water partition coefficient (Wildman–Crippen LogP) is -0.484. The Morgan fingerprint density at radius 2 is 1.01 bits per heavy atom. The van der Waals surface area contributed by atoms with Crippen molar-refractivity contribution < 1.29 is 99.7 Å². The fraction of sp³-hybridized carbons (Fsp3) is 0.527. The van der Waals surface area contributed by atoms with Crippen LogP contribution >= 0.6 is 0 Å². The summed E-state index contributed by atoms with van der Waals surface area (Å²) in [5.74, 6) is 1.61. The second kappa shape index (κ2) is 25.6. The molecule has 0 saturated carbocycles. The molecule has 2 amide bonds. The van der Waals surface area contributed by atoms with Crippen molar-refractivity contribution in [1.82, 2.24) is 0 Å². The van der Waals surface area contributed by atoms with Crippen molar-refractivity contribution in [3.05, 3.63) is 124 Å². The summed E-state index contributed by atoms with van der Waals surface area (Å²) in [5, 5.41) is 21.6. The van der Waals surface area contributed by atoms with E-state index in [4.69, 9.17) is 23.3 Å². The number of fused-ring (bicyclic) bond motifs is 4.